The topological polar surface area (TPSA) is 26.3 Å². The molecule has 2 nitrogen and oxygen atoms in total. The molecule has 0 aliphatic carbocycles. The van der Waals surface area contributed by atoms with Crippen LogP contribution >= 0.6 is 31.9 Å². The molecule has 2 aliphatic rings. The molecule has 0 aromatic carbocycles. The molecule has 0 spiro atoms. The molecular formula is C9H10Br2O2. The zero-order chi connectivity index (χ0) is 9.85. The largest absolute Gasteiger partial charge is 0.358 e. The van der Waals surface area contributed by atoms with E-state index in [-0.39, 0.29) is 15.4 Å². The third kappa shape index (κ3) is 1.18. The number of halogens is 2. The van der Waals surface area contributed by atoms with Crippen molar-refractivity contribution in [1.82, 2.24) is 0 Å². The number of carbonyl (C=O) groups is 1. The Labute approximate surface area is 94.0 Å². The summed E-state index contributed by atoms with van der Waals surface area (Å²) in [5, 5.41) is 0. The van der Waals surface area contributed by atoms with Gasteiger partial charge >= 0.3 is 0 Å². The Morgan fingerprint density at radius 3 is 2.00 bits per heavy atom. The molecule has 0 saturated carbocycles. The molecule has 1 saturated heterocycles. The lowest BCUT2D eigenvalue weighted by Crippen LogP contribution is -2.57. The van der Waals surface area contributed by atoms with Crippen molar-refractivity contribution in [2.45, 2.75) is 34.7 Å². The van der Waals surface area contributed by atoms with Crippen LogP contribution in [-0.2, 0) is 9.53 Å². The first-order valence-corrected chi connectivity index (χ1v) is 5.95. The van der Waals surface area contributed by atoms with E-state index in [1.807, 2.05) is 26.0 Å². The molecule has 13 heavy (non-hydrogen) atoms. The van der Waals surface area contributed by atoms with Crippen LogP contribution in [0.1, 0.15) is 13.8 Å². The summed E-state index contributed by atoms with van der Waals surface area (Å²) in [7, 11) is 0. The number of ketones is 1. The lowest BCUT2D eigenvalue weighted by atomic mass is 9.92. The van der Waals surface area contributed by atoms with Gasteiger partial charge in [0, 0.05) is 0 Å². The van der Waals surface area contributed by atoms with Gasteiger partial charge in [-0.05, 0) is 13.8 Å². The molecule has 4 heteroatoms. The zero-order valence-corrected chi connectivity index (χ0v) is 10.6. The summed E-state index contributed by atoms with van der Waals surface area (Å²) in [5.41, 5.74) is -0.952. The van der Waals surface area contributed by atoms with E-state index in [9.17, 15) is 4.79 Å². The van der Waals surface area contributed by atoms with Crippen molar-refractivity contribution >= 4 is 37.6 Å². The molecular weight excluding hydrogens is 300 g/mol. The molecule has 4 atom stereocenters. The van der Waals surface area contributed by atoms with Gasteiger partial charge in [-0.15, -0.1) is 0 Å². The predicted molar refractivity (Wildman–Crippen MR) is 57.5 cm³/mol. The van der Waals surface area contributed by atoms with Crippen molar-refractivity contribution in [3.63, 3.8) is 0 Å². The van der Waals surface area contributed by atoms with Gasteiger partial charge < -0.3 is 4.74 Å². The monoisotopic (exact) mass is 308 g/mol. The van der Waals surface area contributed by atoms with Crippen molar-refractivity contribution in [1.29, 1.82) is 0 Å². The maximum Gasteiger partial charge on any atom is 0.166 e. The van der Waals surface area contributed by atoms with E-state index in [1.165, 1.54) is 0 Å². The van der Waals surface area contributed by atoms with Crippen molar-refractivity contribution in [3.8, 4) is 0 Å². The average molecular weight is 310 g/mol. The van der Waals surface area contributed by atoms with E-state index in [0.29, 0.717) is 0 Å². The van der Waals surface area contributed by atoms with Crippen molar-refractivity contribution in [2.75, 3.05) is 0 Å². The maximum atomic E-state index is 11.8. The summed E-state index contributed by atoms with van der Waals surface area (Å²) in [6, 6.07) is 0. The highest BCUT2D eigenvalue weighted by Gasteiger charge is 2.56. The highest BCUT2D eigenvalue weighted by molar-refractivity contribution is 9.10. The minimum absolute atomic E-state index is 0.154. The number of rotatable bonds is 0. The third-order valence-corrected chi connectivity index (χ3v) is 5.41. The first kappa shape index (κ1) is 9.87. The second kappa shape index (κ2) is 2.67. The summed E-state index contributed by atoms with van der Waals surface area (Å²) in [5.74, 6) is 0.154. The Morgan fingerprint density at radius 2 is 1.62 bits per heavy atom. The lowest BCUT2D eigenvalue weighted by molar-refractivity contribution is -0.142. The molecule has 1 fully saturated rings. The Morgan fingerprint density at radius 1 is 1.23 bits per heavy atom. The number of hydrogen-bond donors (Lipinski definition) is 0. The molecule has 2 heterocycles. The van der Waals surface area contributed by atoms with Crippen LogP contribution in [0.25, 0.3) is 0 Å². The van der Waals surface area contributed by atoms with E-state index >= 15 is 0 Å². The van der Waals surface area contributed by atoms with Gasteiger partial charge in [0.2, 0.25) is 0 Å². The molecule has 0 aromatic rings. The smallest absolute Gasteiger partial charge is 0.166 e. The van der Waals surface area contributed by atoms with Gasteiger partial charge in [0.1, 0.15) is 20.9 Å². The normalized spacial score (nSPS) is 54.3. The van der Waals surface area contributed by atoms with Crippen molar-refractivity contribution < 1.29 is 9.53 Å². The van der Waals surface area contributed by atoms with E-state index in [2.05, 4.69) is 31.9 Å². The molecule has 2 bridgehead atoms. The second-order valence-corrected chi connectivity index (χ2v) is 5.76. The van der Waals surface area contributed by atoms with Gasteiger partial charge in [-0.3, -0.25) is 4.79 Å². The minimum Gasteiger partial charge on any atom is -0.358 e. The molecule has 0 unspecified atom stereocenters. The molecule has 2 rings (SSSR count). The van der Waals surface area contributed by atoms with Crippen LogP contribution in [-0.4, -0.2) is 26.6 Å². The van der Waals surface area contributed by atoms with Gasteiger partial charge in [0.15, 0.2) is 5.78 Å². The van der Waals surface area contributed by atoms with Crippen LogP contribution in [0.3, 0.4) is 0 Å². The second-order valence-electron chi connectivity index (χ2n) is 3.93. The maximum absolute atomic E-state index is 11.8. The Balaban J connectivity index is 2.46. The standard InChI is InChI=1S/C9H10Br2O2/c1-8-3-4-9(2,13-8)7(11)5(12)6(8)10/h3-4,6-7H,1-2H3/t6-,7+,8-,9+. The van der Waals surface area contributed by atoms with Crippen LogP contribution in [0.2, 0.25) is 0 Å². The Hall–Kier alpha value is 0.330. The summed E-state index contributed by atoms with van der Waals surface area (Å²) in [6.07, 6.45) is 3.93. The Kier molecular flexibility index (Phi) is 2.03. The van der Waals surface area contributed by atoms with Crippen molar-refractivity contribution in [3.05, 3.63) is 12.2 Å². The SMILES string of the molecule is C[C@]12C=C[C@](C)(O1)[C@@H](Br)C(=O)[C@H]2Br. The Bertz CT molecular complexity index is 276. The number of ether oxygens (including phenoxy) is 1. The first-order chi connectivity index (χ1) is 5.89. The summed E-state index contributed by atoms with van der Waals surface area (Å²) in [4.78, 5) is 11.3. The van der Waals surface area contributed by atoms with E-state index in [0.717, 1.165) is 0 Å². The van der Waals surface area contributed by atoms with Crippen LogP contribution in [0, 0.1) is 0 Å². The lowest BCUT2D eigenvalue weighted by Gasteiger charge is -2.41. The highest BCUT2D eigenvalue weighted by atomic mass is 79.9. The highest BCUT2D eigenvalue weighted by Crippen LogP contribution is 2.46. The van der Waals surface area contributed by atoms with Crippen LogP contribution in [0.4, 0.5) is 0 Å². The van der Waals surface area contributed by atoms with Crippen LogP contribution < -0.4 is 0 Å². The molecule has 0 amide bonds. The average Bonchev–Trinajstić information content (AvgIpc) is 2.38. The fraction of sp³-hybridized carbons (Fsp3) is 0.667. The fourth-order valence-electron chi connectivity index (χ4n) is 1.84. The number of carbonyl (C=O) groups excluding carboxylic acids is 1. The van der Waals surface area contributed by atoms with Crippen LogP contribution in [0.15, 0.2) is 12.2 Å². The number of fused-ring (bicyclic) bond motifs is 2. The fourth-order valence-corrected chi connectivity index (χ4v) is 3.21. The molecule has 0 radical (unpaired) electrons. The number of hydrogen-bond acceptors (Lipinski definition) is 2. The molecule has 2 aliphatic heterocycles. The van der Waals surface area contributed by atoms with E-state index < -0.39 is 11.2 Å². The first-order valence-electron chi connectivity index (χ1n) is 4.11. The van der Waals surface area contributed by atoms with Gasteiger partial charge in [0.25, 0.3) is 0 Å². The molecule has 0 N–H and O–H groups in total. The molecule has 0 aromatic heterocycles. The van der Waals surface area contributed by atoms with Crippen LogP contribution in [0.5, 0.6) is 0 Å². The van der Waals surface area contributed by atoms with Gasteiger partial charge in [0.05, 0.1) is 0 Å². The van der Waals surface area contributed by atoms with Gasteiger partial charge in [-0.2, -0.15) is 0 Å². The zero-order valence-electron chi connectivity index (χ0n) is 7.38. The predicted octanol–water partition coefficient (Wildman–Crippen LogP) is 2.20. The summed E-state index contributed by atoms with van der Waals surface area (Å²) >= 11 is 6.74. The van der Waals surface area contributed by atoms with Gasteiger partial charge in [-0.1, -0.05) is 44.0 Å². The minimum atomic E-state index is -0.476. The van der Waals surface area contributed by atoms with Crippen molar-refractivity contribution in [2.24, 2.45) is 0 Å². The van der Waals surface area contributed by atoms with Gasteiger partial charge in [-0.25, -0.2) is 0 Å². The third-order valence-electron chi connectivity index (χ3n) is 2.69. The van der Waals surface area contributed by atoms with E-state index in [4.69, 9.17) is 4.74 Å². The van der Waals surface area contributed by atoms with E-state index in [1.54, 1.807) is 0 Å². The quantitative estimate of drug-likeness (QED) is 0.506. The number of alkyl halides is 2. The molecule has 72 valence electrons. The number of Topliss-reactive ketones (excluding diaryl/α,β-unsaturated/α-hetero) is 1. The summed E-state index contributed by atoms with van der Waals surface area (Å²) in [6.45, 7) is 3.84. The summed E-state index contributed by atoms with van der Waals surface area (Å²) < 4.78 is 5.84.